The minimum Gasteiger partial charge on any atom is -0.444 e. The molecular formula is C20H30N4O5S. The molecule has 1 aromatic rings. The number of rotatable bonds is 4. The van der Waals surface area contributed by atoms with Crippen molar-refractivity contribution in [1.29, 1.82) is 0 Å². The molecule has 1 fully saturated rings. The Kier molecular flexibility index (Phi) is 6.40. The van der Waals surface area contributed by atoms with Crippen LogP contribution in [0, 0.1) is 0 Å². The van der Waals surface area contributed by atoms with E-state index >= 15 is 0 Å². The first kappa shape index (κ1) is 22.5. The number of nitrogens with one attached hydrogen (secondary N) is 2. The molecule has 10 heteroatoms. The van der Waals surface area contributed by atoms with Crippen LogP contribution >= 0.6 is 0 Å². The Bertz CT molecular complexity index is 926. The molecule has 1 atom stereocenters. The van der Waals surface area contributed by atoms with Crippen molar-refractivity contribution in [2.75, 3.05) is 39.8 Å². The van der Waals surface area contributed by atoms with E-state index in [1.807, 2.05) is 11.9 Å². The summed E-state index contributed by atoms with van der Waals surface area (Å²) in [7, 11) is -1.93. The highest BCUT2D eigenvalue weighted by Crippen LogP contribution is 2.25. The lowest BCUT2D eigenvalue weighted by molar-refractivity contribution is 0.0502. The van der Waals surface area contributed by atoms with Crippen LogP contribution in [0.4, 0.5) is 4.79 Å². The second-order valence-electron chi connectivity index (χ2n) is 8.74. The molecule has 0 saturated carbocycles. The van der Waals surface area contributed by atoms with Gasteiger partial charge in [0.2, 0.25) is 10.0 Å². The maximum atomic E-state index is 13.4. The van der Waals surface area contributed by atoms with Crippen LogP contribution in [0.25, 0.3) is 0 Å². The van der Waals surface area contributed by atoms with Crippen molar-refractivity contribution in [2.24, 2.45) is 0 Å². The van der Waals surface area contributed by atoms with Gasteiger partial charge in [-0.05, 0) is 51.9 Å². The molecule has 2 aliphatic heterocycles. The molecule has 166 valence electrons. The summed E-state index contributed by atoms with van der Waals surface area (Å²) in [5, 5.41) is 5.43. The van der Waals surface area contributed by atoms with Gasteiger partial charge in [0, 0.05) is 38.3 Å². The Labute approximate surface area is 177 Å². The van der Waals surface area contributed by atoms with Crippen LogP contribution in [0.2, 0.25) is 0 Å². The third-order valence-corrected chi connectivity index (χ3v) is 7.07. The van der Waals surface area contributed by atoms with Crippen molar-refractivity contribution in [3.8, 4) is 0 Å². The van der Waals surface area contributed by atoms with Gasteiger partial charge in [-0.2, -0.15) is 4.31 Å². The third kappa shape index (κ3) is 5.11. The number of nitrogens with zero attached hydrogens (tertiary/aromatic N) is 2. The molecule has 0 radical (unpaired) electrons. The number of carbonyl (C=O) groups excluding carboxylic acids is 2. The van der Waals surface area contributed by atoms with E-state index in [1.165, 1.54) is 10.4 Å². The highest BCUT2D eigenvalue weighted by molar-refractivity contribution is 7.89. The van der Waals surface area contributed by atoms with E-state index in [2.05, 4.69) is 10.6 Å². The monoisotopic (exact) mass is 438 g/mol. The van der Waals surface area contributed by atoms with Crippen LogP contribution in [-0.4, -0.2) is 81.0 Å². The summed E-state index contributed by atoms with van der Waals surface area (Å²) in [6.07, 6.45) is 0.0942. The maximum Gasteiger partial charge on any atom is 0.407 e. The minimum atomic E-state index is -3.84. The van der Waals surface area contributed by atoms with E-state index in [9.17, 15) is 18.0 Å². The molecule has 9 nitrogen and oxygen atoms in total. The fourth-order valence-electron chi connectivity index (χ4n) is 3.68. The summed E-state index contributed by atoms with van der Waals surface area (Å²) in [5.41, 5.74) is 0.613. The molecular weight excluding hydrogens is 408 g/mol. The average Bonchev–Trinajstić information content (AvgIpc) is 2.65. The predicted octanol–water partition coefficient (Wildman–Crippen LogP) is 0.802. The van der Waals surface area contributed by atoms with Crippen LogP contribution in [0.1, 0.15) is 36.7 Å². The first-order valence-electron chi connectivity index (χ1n) is 10.1. The van der Waals surface area contributed by atoms with Crippen molar-refractivity contribution in [3.63, 3.8) is 0 Å². The zero-order valence-electron chi connectivity index (χ0n) is 17.9. The van der Waals surface area contributed by atoms with Gasteiger partial charge in [-0.25, -0.2) is 13.2 Å². The largest absolute Gasteiger partial charge is 0.444 e. The molecule has 0 spiro atoms. The van der Waals surface area contributed by atoms with Crippen LogP contribution < -0.4 is 10.6 Å². The predicted molar refractivity (Wildman–Crippen MR) is 112 cm³/mol. The first-order valence-corrected chi connectivity index (χ1v) is 11.5. The number of likely N-dealkylation sites (N-methyl/N-ethyl adjacent to an activating group) is 1. The quantitative estimate of drug-likeness (QED) is 0.720. The Morgan fingerprint density at radius 3 is 2.73 bits per heavy atom. The van der Waals surface area contributed by atoms with Crippen molar-refractivity contribution in [3.05, 3.63) is 29.3 Å². The Morgan fingerprint density at radius 1 is 1.30 bits per heavy atom. The van der Waals surface area contributed by atoms with Crippen LogP contribution in [0.15, 0.2) is 23.1 Å². The summed E-state index contributed by atoms with van der Waals surface area (Å²) in [6, 6.07) is 4.27. The topological polar surface area (TPSA) is 108 Å². The fraction of sp³-hybridized carbons (Fsp3) is 0.600. The van der Waals surface area contributed by atoms with Gasteiger partial charge in [-0.15, -0.1) is 0 Å². The van der Waals surface area contributed by atoms with Gasteiger partial charge < -0.3 is 20.3 Å². The number of carbonyl (C=O) groups is 2. The maximum absolute atomic E-state index is 13.4. The molecule has 0 bridgehead atoms. The van der Waals surface area contributed by atoms with E-state index in [0.29, 0.717) is 38.2 Å². The highest BCUT2D eigenvalue weighted by atomic mass is 32.2. The summed E-state index contributed by atoms with van der Waals surface area (Å²) < 4.78 is 33.5. The second kappa shape index (κ2) is 8.52. The Balaban J connectivity index is 1.81. The molecule has 0 aliphatic carbocycles. The molecule has 2 aliphatic rings. The van der Waals surface area contributed by atoms with E-state index < -0.39 is 27.8 Å². The molecule has 0 aromatic heterocycles. The van der Waals surface area contributed by atoms with Gasteiger partial charge in [0.15, 0.2) is 0 Å². The van der Waals surface area contributed by atoms with Crippen LogP contribution in [-0.2, 0) is 21.2 Å². The Morgan fingerprint density at radius 2 is 2.03 bits per heavy atom. The summed E-state index contributed by atoms with van der Waals surface area (Å²) in [6.45, 7) is 7.33. The highest BCUT2D eigenvalue weighted by Gasteiger charge is 2.36. The lowest BCUT2D eigenvalue weighted by Crippen LogP contribution is -2.57. The van der Waals surface area contributed by atoms with Crippen molar-refractivity contribution in [2.45, 2.75) is 43.7 Å². The number of ether oxygens (including phenoxy) is 1. The molecule has 2 amide bonds. The molecule has 1 aromatic carbocycles. The molecule has 2 N–H and O–H groups in total. The molecule has 3 rings (SSSR count). The summed E-state index contributed by atoms with van der Waals surface area (Å²) >= 11 is 0. The lowest BCUT2D eigenvalue weighted by Gasteiger charge is -2.39. The summed E-state index contributed by atoms with van der Waals surface area (Å²) in [4.78, 5) is 26.3. The van der Waals surface area contributed by atoms with E-state index in [1.54, 1.807) is 32.9 Å². The Hall–Kier alpha value is -2.17. The van der Waals surface area contributed by atoms with E-state index in [0.717, 1.165) is 5.56 Å². The molecule has 0 unspecified atom stereocenters. The number of hydrogen-bond acceptors (Lipinski definition) is 6. The third-order valence-electron chi connectivity index (χ3n) is 5.13. The number of piperazine rings is 1. The normalized spacial score (nSPS) is 20.9. The standard InChI is InChI=1S/C20H30N4O5S/c1-20(2,3)29-19(26)22-12-15-13-23(4)9-10-24(15)30(27,28)16-6-5-14-7-8-21-18(25)17(14)11-16/h5-6,11,15H,7-10,12-13H2,1-4H3,(H,21,25)(H,22,26)/t15-/m1/s1. The molecule has 2 heterocycles. The van der Waals surface area contributed by atoms with Crippen LogP contribution in [0.3, 0.4) is 0 Å². The van der Waals surface area contributed by atoms with Crippen molar-refractivity contribution >= 4 is 22.0 Å². The van der Waals surface area contributed by atoms with Gasteiger partial charge in [-0.1, -0.05) is 6.07 Å². The smallest absolute Gasteiger partial charge is 0.407 e. The molecule has 30 heavy (non-hydrogen) atoms. The SMILES string of the molecule is CN1CCN(S(=O)(=O)c2ccc3c(c2)C(=O)NCC3)[C@H](CNC(=O)OC(C)(C)C)C1. The first-order chi connectivity index (χ1) is 14.0. The molecule has 1 saturated heterocycles. The second-order valence-corrected chi connectivity index (χ2v) is 10.6. The van der Waals surface area contributed by atoms with Crippen molar-refractivity contribution in [1.82, 2.24) is 19.8 Å². The number of amides is 2. The zero-order valence-corrected chi connectivity index (χ0v) is 18.7. The number of sulfonamides is 1. The average molecular weight is 439 g/mol. The van der Waals surface area contributed by atoms with Gasteiger partial charge in [0.25, 0.3) is 5.91 Å². The van der Waals surface area contributed by atoms with E-state index in [4.69, 9.17) is 4.74 Å². The number of fused-ring (bicyclic) bond motifs is 1. The zero-order chi connectivity index (χ0) is 22.1. The lowest BCUT2D eigenvalue weighted by atomic mass is 10.0. The summed E-state index contributed by atoms with van der Waals surface area (Å²) in [5.74, 6) is -0.255. The number of hydrogen-bond donors (Lipinski definition) is 2. The number of benzene rings is 1. The van der Waals surface area contributed by atoms with Gasteiger partial charge in [-0.3, -0.25) is 4.79 Å². The van der Waals surface area contributed by atoms with Crippen LogP contribution in [0.5, 0.6) is 0 Å². The fourth-order valence-corrected chi connectivity index (χ4v) is 5.31. The minimum absolute atomic E-state index is 0.0881. The van der Waals surface area contributed by atoms with Gasteiger partial charge in [0.1, 0.15) is 5.60 Å². The van der Waals surface area contributed by atoms with Gasteiger partial charge in [0.05, 0.1) is 10.9 Å². The van der Waals surface area contributed by atoms with Crippen molar-refractivity contribution < 1.29 is 22.7 Å². The number of alkyl carbamates (subject to hydrolysis) is 1. The van der Waals surface area contributed by atoms with Gasteiger partial charge >= 0.3 is 6.09 Å². The van der Waals surface area contributed by atoms with E-state index in [-0.39, 0.29) is 17.3 Å².